The van der Waals surface area contributed by atoms with Crippen LogP contribution >= 0.6 is 0 Å². The second kappa shape index (κ2) is 4.47. The summed E-state index contributed by atoms with van der Waals surface area (Å²) in [6, 6.07) is 0. The lowest BCUT2D eigenvalue weighted by atomic mass is 9.89. The number of aromatic nitrogens is 3. The summed E-state index contributed by atoms with van der Waals surface area (Å²) in [4.78, 5) is 11.5. The predicted octanol–water partition coefficient (Wildman–Crippen LogP) is 1.81. The van der Waals surface area contributed by atoms with Crippen molar-refractivity contribution in [3.8, 4) is 0 Å². The minimum atomic E-state index is -0.115. The van der Waals surface area contributed by atoms with Crippen molar-refractivity contribution in [2.24, 2.45) is 0 Å². The molecule has 82 valence electrons. The Morgan fingerprint density at radius 2 is 2.20 bits per heavy atom. The zero-order chi connectivity index (χ0) is 10.7. The third-order valence-electron chi connectivity index (χ3n) is 3.07. The molecule has 4 nitrogen and oxygen atoms in total. The highest BCUT2D eigenvalue weighted by Gasteiger charge is 2.21. The minimum Gasteiger partial charge on any atom is -0.275 e. The maximum Gasteiger partial charge on any atom is 0.343 e. The van der Waals surface area contributed by atoms with E-state index in [1.807, 2.05) is 0 Å². The number of hydrogen-bond acceptors (Lipinski definition) is 2. The molecule has 0 amide bonds. The fourth-order valence-corrected chi connectivity index (χ4v) is 2.31. The molecule has 1 aromatic rings. The van der Waals surface area contributed by atoms with Crippen LogP contribution < -0.4 is 5.69 Å². The summed E-state index contributed by atoms with van der Waals surface area (Å²) in [7, 11) is 0. The molecule has 0 bridgehead atoms. The molecule has 1 aromatic heterocycles. The van der Waals surface area contributed by atoms with E-state index in [2.05, 4.69) is 16.8 Å². The smallest absolute Gasteiger partial charge is 0.275 e. The summed E-state index contributed by atoms with van der Waals surface area (Å²) in [5.41, 5.74) is -0.115. The molecule has 1 heterocycles. The van der Waals surface area contributed by atoms with Gasteiger partial charge in [0.15, 0.2) is 0 Å². The highest BCUT2D eigenvalue weighted by atomic mass is 16.1. The van der Waals surface area contributed by atoms with Crippen LogP contribution in [0.4, 0.5) is 0 Å². The van der Waals surface area contributed by atoms with Gasteiger partial charge in [-0.3, -0.25) is 4.57 Å². The molecule has 0 unspecified atom stereocenters. The molecular weight excluding hydrogens is 190 g/mol. The van der Waals surface area contributed by atoms with Gasteiger partial charge < -0.3 is 0 Å². The number of nitrogens with zero attached hydrogens (tertiary/aromatic N) is 2. The number of rotatable bonds is 3. The molecule has 0 spiro atoms. The molecule has 1 N–H and O–H groups in total. The Morgan fingerprint density at radius 1 is 1.47 bits per heavy atom. The van der Waals surface area contributed by atoms with Crippen LogP contribution in [0, 0.1) is 0 Å². The van der Waals surface area contributed by atoms with Crippen LogP contribution in [0.3, 0.4) is 0 Å². The monoisotopic (exact) mass is 207 g/mol. The Labute approximate surface area is 89.0 Å². The Kier molecular flexibility index (Phi) is 3.04. The zero-order valence-electron chi connectivity index (χ0n) is 8.91. The zero-order valence-corrected chi connectivity index (χ0v) is 8.91. The summed E-state index contributed by atoms with van der Waals surface area (Å²) >= 11 is 0. The van der Waals surface area contributed by atoms with Crippen LogP contribution in [0.5, 0.6) is 0 Å². The fraction of sp³-hybridized carbons (Fsp3) is 0.636. The number of aromatic amines is 1. The van der Waals surface area contributed by atoms with Gasteiger partial charge in [0, 0.05) is 12.5 Å². The van der Waals surface area contributed by atoms with Gasteiger partial charge in [0.2, 0.25) is 0 Å². The highest BCUT2D eigenvalue weighted by Crippen LogP contribution is 2.30. The average Bonchev–Trinajstić information content (AvgIpc) is 2.63. The van der Waals surface area contributed by atoms with Crippen LogP contribution in [-0.4, -0.2) is 14.8 Å². The number of H-pyrrole nitrogens is 1. The van der Waals surface area contributed by atoms with Crippen LogP contribution in [0.2, 0.25) is 0 Å². The van der Waals surface area contributed by atoms with E-state index in [9.17, 15) is 4.79 Å². The van der Waals surface area contributed by atoms with E-state index in [0.29, 0.717) is 12.5 Å². The van der Waals surface area contributed by atoms with E-state index in [0.717, 1.165) is 18.7 Å². The lowest BCUT2D eigenvalue weighted by Gasteiger charge is -2.20. The van der Waals surface area contributed by atoms with Crippen molar-refractivity contribution in [2.75, 3.05) is 0 Å². The molecule has 1 aliphatic rings. The molecule has 1 aliphatic carbocycles. The predicted molar refractivity (Wildman–Crippen MR) is 58.9 cm³/mol. The molecule has 0 aromatic carbocycles. The molecule has 0 radical (unpaired) electrons. The highest BCUT2D eigenvalue weighted by molar-refractivity contribution is 4.99. The van der Waals surface area contributed by atoms with E-state index in [1.165, 1.54) is 19.3 Å². The minimum absolute atomic E-state index is 0.115. The average molecular weight is 207 g/mol. The van der Waals surface area contributed by atoms with Gasteiger partial charge in [-0.05, 0) is 12.8 Å². The van der Waals surface area contributed by atoms with Crippen LogP contribution in [0.1, 0.15) is 43.8 Å². The molecule has 0 atom stereocenters. The SMILES string of the molecule is C=CCn1c(C2CCCCC2)n[nH]c1=O. The second-order valence-corrected chi connectivity index (χ2v) is 4.12. The first-order valence-electron chi connectivity index (χ1n) is 5.59. The summed E-state index contributed by atoms with van der Waals surface area (Å²) in [6.07, 6.45) is 7.86. The van der Waals surface area contributed by atoms with E-state index in [4.69, 9.17) is 0 Å². The molecule has 4 heteroatoms. The molecular formula is C11H17N3O. The van der Waals surface area contributed by atoms with Gasteiger partial charge in [0.05, 0.1) is 0 Å². The maximum absolute atomic E-state index is 11.5. The van der Waals surface area contributed by atoms with Crippen LogP contribution in [0.25, 0.3) is 0 Å². The van der Waals surface area contributed by atoms with Crippen molar-refractivity contribution in [2.45, 2.75) is 44.6 Å². The van der Waals surface area contributed by atoms with Gasteiger partial charge in [-0.15, -0.1) is 6.58 Å². The molecule has 15 heavy (non-hydrogen) atoms. The first-order chi connectivity index (χ1) is 7.33. The van der Waals surface area contributed by atoms with Crippen molar-refractivity contribution in [3.05, 3.63) is 29.0 Å². The number of hydrogen-bond donors (Lipinski definition) is 1. The van der Waals surface area contributed by atoms with E-state index in [-0.39, 0.29) is 5.69 Å². The topological polar surface area (TPSA) is 50.7 Å². The molecule has 1 fully saturated rings. The third-order valence-corrected chi connectivity index (χ3v) is 3.07. The van der Waals surface area contributed by atoms with Crippen molar-refractivity contribution in [3.63, 3.8) is 0 Å². The summed E-state index contributed by atoms with van der Waals surface area (Å²) in [5.74, 6) is 1.37. The van der Waals surface area contributed by atoms with E-state index in [1.54, 1.807) is 10.6 Å². The van der Waals surface area contributed by atoms with Gasteiger partial charge in [-0.25, -0.2) is 9.89 Å². The maximum atomic E-state index is 11.5. The van der Waals surface area contributed by atoms with Gasteiger partial charge in [-0.1, -0.05) is 25.3 Å². The van der Waals surface area contributed by atoms with Gasteiger partial charge in [-0.2, -0.15) is 5.10 Å². The molecule has 1 saturated carbocycles. The number of allylic oxidation sites excluding steroid dienone is 1. The molecule has 0 saturated heterocycles. The van der Waals surface area contributed by atoms with E-state index >= 15 is 0 Å². The largest absolute Gasteiger partial charge is 0.343 e. The Hall–Kier alpha value is -1.32. The number of nitrogens with one attached hydrogen (secondary N) is 1. The van der Waals surface area contributed by atoms with Gasteiger partial charge >= 0.3 is 5.69 Å². The lowest BCUT2D eigenvalue weighted by Crippen LogP contribution is -2.20. The third kappa shape index (κ3) is 2.03. The van der Waals surface area contributed by atoms with Crippen molar-refractivity contribution < 1.29 is 0 Å². The first-order valence-corrected chi connectivity index (χ1v) is 5.59. The normalized spacial score (nSPS) is 17.9. The van der Waals surface area contributed by atoms with E-state index < -0.39 is 0 Å². The van der Waals surface area contributed by atoms with Crippen LogP contribution in [0.15, 0.2) is 17.4 Å². The summed E-state index contributed by atoms with van der Waals surface area (Å²) in [5, 5.41) is 6.66. The summed E-state index contributed by atoms with van der Waals surface area (Å²) < 4.78 is 1.70. The molecule has 0 aliphatic heterocycles. The molecule has 2 rings (SSSR count). The summed E-state index contributed by atoms with van der Waals surface area (Å²) in [6.45, 7) is 4.22. The van der Waals surface area contributed by atoms with Crippen LogP contribution in [-0.2, 0) is 6.54 Å². The first kappa shape index (κ1) is 10.2. The Bertz CT molecular complexity index is 385. The Morgan fingerprint density at radius 3 is 2.87 bits per heavy atom. The quantitative estimate of drug-likeness (QED) is 0.768. The lowest BCUT2D eigenvalue weighted by molar-refractivity contribution is 0.417. The standard InChI is InChI=1S/C11H17N3O/c1-2-8-14-10(12-13-11(14)15)9-6-4-3-5-7-9/h2,9H,1,3-8H2,(H,13,15). The van der Waals surface area contributed by atoms with Gasteiger partial charge in [0.1, 0.15) is 5.82 Å². The van der Waals surface area contributed by atoms with Crippen molar-refractivity contribution in [1.82, 2.24) is 14.8 Å². The fourth-order valence-electron chi connectivity index (χ4n) is 2.31. The second-order valence-electron chi connectivity index (χ2n) is 4.12. The Balaban J connectivity index is 2.25. The van der Waals surface area contributed by atoms with Crippen molar-refractivity contribution >= 4 is 0 Å². The van der Waals surface area contributed by atoms with Crippen molar-refractivity contribution in [1.29, 1.82) is 0 Å². The van der Waals surface area contributed by atoms with Gasteiger partial charge in [0.25, 0.3) is 0 Å².